The van der Waals surface area contributed by atoms with Crippen LogP contribution in [0.15, 0.2) is 224 Å². The smallest absolute Gasteiger partial charge is 0.164 e. The highest BCUT2D eigenvalue weighted by Crippen LogP contribution is 2.64. The molecule has 72 heavy (non-hydrogen) atoms. The van der Waals surface area contributed by atoms with Crippen molar-refractivity contribution in [2.75, 3.05) is 0 Å². The maximum atomic E-state index is 6.80. The number of ether oxygens (including phenoxy) is 1. The zero-order valence-electron chi connectivity index (χ0n) is 39.8. The van der Waals surface area contributed by atoms with Gasteiger partial charge in [-0.1, -0.05) is 206 Å². The van der Waals surface area contributed by atoms with Crippen LogP contribution in [0.3, 0.4) is 0 Å². The van der Waals surface area contributed by atoms with Crippen LogP contribution in [0.25, 0.3) is 61.7 Å². The number of aromatic nitrogens is 3. The lowest BCUT2D eigenvalue weighted by Gasteiger charge is -2.31. The highest BCUT2D eigenvalue weighted by molar-refractivity contribution is 6.01. The van der Waals surface area contributed by atoms with Crippen molar-refractivity contribution in [1.82, 2.24) is 15.0 Å². The van der Waals surface area contributed by atoms with E-state index in [2.05, 4.69) is 182 Å². The number of hydrogen-bond donors (Lipinski definition) is 0. The van der Waals surface area contributed by atoms with Crippen LogP contribution >= 0.6 is 0 Å². The Morgan fingerprint density at radius 2 is 1.14 bits per heavy atom. The maximum absolute atomic E-state index is 6.80. The Bertz CT molecular complexity index is 3720. The molecule has 3 atom stereocenters. The molecular weight excluding hydrogens is 875 g/mol. The fourth-order valence-electron chi connectivity index (χ4n) is 13.4. The van der Waals surface area contributed by atoms with Crippen LogP contribution in [0.1, 0.15) is 81.1 Å². The van der Waals surface area contributed by atoms with Crippen LogP contribution < -0.4 is 4.74 Å². The van der Waals surface area contributed by atoms with Gasteiger partial charge < -0.3 is 4.74 Å². The number of fused-ring (bicyclic) bond motifs is 17. The number of nitrogens with zero attached hydrogens (tertiary/aromatic N) is 3. The molecular formula is C68H49N3O. The molecule has 0 fully saturated rings. The largest absolute Gasteiger partial charge is 0.485 e. The molecule has 0 N–H and O–H groups in total. The minimum atomic E-state index is -0.369. The van der Waals surface area contributed by atoms with E-state index in [4.69, 9.17) is 19.7 Å². The van der Waals surface area contributed by atoms with Gasteiger partial charge in [0.05, 0.1) is 5.41 Å². The molecule has 2 heterocycles. The third kappa shape index (κ3) is 6.21. The van der Waals surface area contributed by atoms with Gasteiger partial charge in [-0.25, -0.2) is 15.0 Å². The molecule has 0 saturated heterocycles. The van der Waals surface area contributed by atoms with E-state index in [0.717, 1.165) is 65.7 Å². The second-order valence-electron chi connectivity index (χ2n) is 20.3. The second kappa shape index (κ2) is 16.3. The van der Waals surface area contributed by atoms with E-state index < -0.39 is 0 Å². The van der Waals surface area contributed by atoms with Crippen LogP contribution in [0.4, 0.5) is 0 Å². The summed E-state index contributed by atoms with van der Waals surface area (Å²) in [6.07, 6.45) is 14.4. The molecule has 1 aliphatic heterocycles. The van der Waals surface area contributed by atoms with Gasteiger partial charge in [0.25, 0.3) is 0 Å². The van der Waals surface area contributed by atoms with Crippen LogP contribution in [0, 0.1) is 5.92 Å². The highest BCUT2D eigenvalue weighted by atomic mass is 16.5. The summed E-state index contributed by atoms with van der Waals surface area (Å²) in [7, 11) is 0. The minimum Gasteiger partial charge on any atom is -0.485 e. The first-order chi connectivity index (χ1) is 35.7. The van der Waals surface area contributed by atoms with E-state index in [0.29, 0.717) is 23.4 Å². The van der Waals surface area contributed by atoms with Gasteiger partial charge in [0.2, 0.25) is 0 Å². The van der Waals surface area contributed by atoms with E-state index >= 15 is 0 Å². The second-order valence-corrected chi connectivity index (χ2v) is 20.3. The van der Waals surface area contributed by atoms with Crippen molar-refractivity contribution in [3.63, 3.8) is 0 Å². The molecule has 15 rings (SSSR count). The molecule has 4 heteroatoms. The van der Waals surface area contributed by atoms with E-state index in [-0.39, 0.29) is 17.4 Å². The quantitative estimate of drug-likeness (QED) is 0.167. The standard InChI is InChI=1S/C68H49N3O/c1-4-17-42(18-5-1)39-47-32-35-52-49(36-37-60-63(52)53-25-12-15-29-59(53)68(60)57-27-13-10-23-50(57)51-24-11-14-28-58(51)68)55-40-45(31-34-48(47)55)46-33-38-61-56(41-46)64-54(26-16-30-62(64)72-61)67-70-65(43-19-6-2-7-20-43)69-66(71-67)44-21-8-3-9-22-44/h1-29,33-34,36-38,40-41,45,47,62H,30-32,35,39H2. The normalized spacial score (nSPS) is 19.1. The summed E-state index contributed by atoms with van der Waals surface area (Å²) >= 11 is 0. The molecule has 0 radical (unpaired) electrons. The van der Waals surface area contributed by atoms with Crippen molar-refractivity contribution in [2.24, 2.45) is 5.92 Å². The summed E-state index contributed by atoms with van der Waals surface area (Å²) in [5, 5.41) is 0. The predicted octanol–water partition coefficient (Wildman–Crippen LogP) is 15.5. The molecule has 0 saturated carbocycles. The highest BCUT2D eigenvalue weighted by Gasteiger charge is 2.52. The van der Waals surface area contributed by atoms with Gasteiger partial charge in [-0.2, -0.15) is 0 Å². The summed E-state index contributed by atoms with van der Waals surface area (Å²) in [5.74, 6) is 3.45. The van der Waals surface area contributed by atoms with Crippen LogP contribution in [0.5, 0.6) is 5.75 Å². The summed E-state index contributed by atoms with van der Waals surface area (Å²) in [5.41, 5.74) is 24.4. The molecule has 9 aromatic rings. The molecule has 3 unspecified atom stereocenters. The van der Waals surface area contributed by atoms with E-state index in [1.807, 2.05) is 36.4 Å². The Morgan fingerprint density at radius 1 is 0.528 bits per heavy atom. The van der Waals surface area contributed by atoms with Gasteiger partial charge in [-0.05, 0) is 122 Å². The monoisotopic (exact) mass is 923 g/mol. The van der Waals surface area contributed by atoms with Gasteiger partial charge in [-0.15, -0.1) is 0 Å². The lowest BCUT2D eigenvalue weighted by Crippen LogP contribution is -2.26. The Balaban J connectivity index is 0.882. The lowest BCUT2D eigenvalue weighted by molar-refractivity contribution is 0.279. The van der Waals surface area contributed by atoms with Gasteiger partial charge >= 0.3 is 0 Å². The van der Waals surface area contributed by atoms with E-state index in [1.54, 1.807) is 0 Å². The SMILES string of the molecule is C1=CC(c2nc(-c3ccccc3)nc(-c3ccccc3)n2)=C2c3cc(C4C=C5C(=CC4)C(Cc4ccccc4)CCc4c5ccc5c4-c4ccccc4C54c5ccccc5-c5ccccc54)ccc3OC2C1. The van der Waals surface area contributed by atoms with Crippen LogP contribution in [-0.2, 0) is 18.3 Å². The van der Waals surface area contributed by atoms with Gasteiger partial charge in [0.1, 0.15) is 11.9 Å². The van der Waals surface area contributed by atoms with Crippen molar-refractivity contribution < 1.29 is 4.74 Å². The van der Waals surface area contributed by atoms with Crippen LogP contribution in [-0.4, -0.2) is 21.1 Å². The molecule has 0 amide bonds. The first kappa shape index (κ1) is 41.3. The van der Waals surface area contributed by atoms with E-state index in [1.165, 1.54) is 77.9 Å². The number of benzene rings is 8. The number of allylic oxidation sites excluding steroid dienone is 6. The van der Waals surface area contributed by atoms with Crippen LogP contribution in [0.2, 0.25) is 0 Å². The third-order valence-electron chi connectivity index (χ3n) is 16.5. The topological polar surface area (TPSA) is 47.9 Å². The maximum Gasteiger partial charge on any atom is 0.164 e. The minimum absolute atomic E-state index is 0.122. The van der Waals surface area contributed by atoms with Crippen molar-refractivity contribution >= 4 is 16.7 Å². The Morgan fingerprint density at radius 3 is 1.83 bits per heavy atom. The Labute approximate surface area is 420 Å². The van der Waals surface area contributed by atoms with Crippen molar-refractivity contribution in [3.8, 4) is 50.8 Å². The average Bonchev–Trinajstić information content (AvgIpc) is 4.05. The summed E-state index contributed by atoms with van der Waals surface area (Å²) in [6, 6.07) is 71.2. The number of hydrogen-bond acceptors (Lipinski definition) is 4. The fraction of sp³-hybridized carbons (Fsp3) is 0.132. The molecule has 0 bridgehead atoms. The van der Waals surface area contributed by atoms with Gasteiger partial charge in [-0.3, -0.25) is 0 Å². The fourth-order valence-corrected chi connectivity index (χ4v) is 13.4. The van der Waals surface area contributed by atoms with E-state index in [9.17, 15) is 0 Å². The lowest BCUT2D eigenvalue weighted by atomic mass is 9.70. The first-order valence-corrected chi connectivity index (χ1v) is 25.7. The Hall–Kier alpha value is -8.47. The summed E-state index contributed by atoms with van der Waals surface area (Å²) < 4.78 is 6.80. The van der Waals surface area contributed by atoms with Crippen molar-refractivity contribution in [2.45, 2.75) is 49.5 Å². The molecule has 6 aliphatic rings. The molecule has 1 spiro atoms. The van der Waals surface area contributed by atoms with Gasteiger partial charge in [0.15, 0.2) is 17.5 Å². The molecule has 5 aliphatic carbocycles. The molecule has 4 nitrogen and oxygen atoms in total. The molecule has 1 aromatic heterocycles. The first-order valence-electron chi connectivity index (χ1n) is 25.7. The third-order valence-corrected chi connectivity index (χ3v) is 16.5. The zero-order valence-corrected chi connectivity index (χ0v) is 39.8. The van der Waals surface area contributed by atoms with Crippen molar-refractivity contribution in [3.05, 3.63) is 280 Å². The Kier molecular flexibility index (Phi) is 9.35. The molecule has 8 aromatic carbocycles. The van der Waals surface area contributed by atoms with Gasteiger partial charge in [0, 0.05) is 40.2 Å². The predicted molar refractivity (Wildman–Crippen MR) is 290 cm³/mol. The summed E-state index contributed by atoms with van der Waals surface area (Å²) in [6.45, 7) is 0. The zero-order chi connectivity index (χ0) is 47.3. The average molecular weight is 924 g/mol. The number of rotatable bonds is 6. The summed E-state index contributed by atoms with van der Waals surface area (Å²) in [4.78, 5) is 15.4. The van der Waals surface area contributed by atoms with Crippen molar-refractivity contribution in [1.29, 1.82) is 0 Å². The molecule has 342 valence electrons.